The maximum atomic E-state index is 4.12. The van der Waals surface area contributed by atoms with Gasteiger partial charge in [0, 0.05) is 37.9 Å². The van der Waals surface area contributed by atoms with Crippen LogP contribution >= 0.6 is 0 Å². The molecule has 1 N–H and O–H groups in total. The summed E-state index contributed by atoms with van der Waals surface area (Å²) in [6.45, 7) is 1.76. The van der Waals surface area contributed by atoms with E-state index in [2.05, 4.69) is 20.4 Å². The van der Waals surface area contributed by atoms with Gasteiger partial charge in [-0.15, -0.1) is 0 Å². The number of nitrogens with zero attached hydrogens (tertiary/aromatic N) is 4. The number of aromatic nitrogens is 4. The molecular weight excluding hydrogens is 190 g/mol. The second-order valence-corrected chi connectivity index (χ2v) is 3.12. The summed E-state index contributed by atoms with van der Waals surface area (Å²) in [4.78, 5) is 8.14. The predicted molar refractivity (Wildman–Crippen MR) is 57.4 cm³/mol. The van der Waals surface area contributed by atoms with Crippen molar-refractivity contribution in [1.82, 2.24) is 19.7 Å². The first-order valence-electron chi connectivity index (χ1n) is 4.93. The van der Waals surface area contributed by atoms with Crippen molar-refractivity contribution in [1.29, 1.82) is 0 Å². The highest BCUT2D eigenvalue weighted by molar-refractivity contribution is 5.21. The zero-order valence-electron chi connectivity index (χ0n) is 8.37. The summed E-state index contributed by atoms with van der Waals surface area (Å²) in [7, 11) is 0. The molecule has 0 unspecified atom stereocenters. The molecule has 0 aliphatic rings. The minimum atomic E-state index is 0.679. The lowest BCUT2D eigenvalue weighted by Crippen LogP contribution is -2.08. The van der Waals surface area contributed by atoms with Crippen LogP contribution in [-0.2, 0) is 6.54 Å². The average molecular weight is 203 g/mol. The molecule has 0 aliphatic heterocycles. The maximum absolute atomic E-state index is 4.12. The largest absolute Gasteiger partial charge is 0.354 e. The lowest BCUT2D eigenvalue weighted by atomic mass is 10.4. The van der Waals surface area contributed by atoms with E-state index >= 15 is 0 Å². The second kappa shape index (κ2) is 5.09. The summed E-state index contributed by atoms with van der Waals surface area (Å²) in [6, 6.07) is 3.72. The zero-order chi connectivity index (χ0) is 10.3. The Morgan fingerprint density at radius 2 is 2.00 bits per heavy atom. The summed E-state index contributed by atoms with van der Waals surface area (Å²) < 4.78 is 1.91. The van der Waals surface area contributed by atoms with E-state index in [9.17, 15) is 0 Å². The van der Waals surface area contributed by atoms with E-state index in [1.54, 1.807) is 24.7 Å². The van der Waals surface area contributed by atoms with Gasteiger partial charge in [-0.2, -0.15) is 5.10 Å². The number of rotatable bonds is 5. The van der Waals surface area contributed by atoms with Gasteiger partial charge in [-0.25, -0.2) is 9.97 Å². The first kappa shape index (κ1) is 9.64. The van der Waals surface area contributed by atoms with E-state index in [4.69, 9.17) is 0 Å². The topological polar surface area (TPSA) is 55.6 Å². The van der Waals surface area contributed by atoms with E-state index in [1.807, 2.05) is 16.9 Å². The van der Waals surface area contributed by atoms with Crippen LogP contribution in [0, 0.1) is 0 Å². The Labute approximate surface area is 88.2 Å². The van der Waals surface area contributed by atoms with Crippen LogP contribution < -0.4 is 5.32 Å². The second-order valence-electron chi connectivity index (χ2n) is 3.12. The molecule has 0 fully saturated rings. The van der Waals surface area contributed by atoms with Gasteiger partial charge in [0.2, 0.25) is 5.95 Å². The Morgan fingerprint density at radius 1 is 1.13 bits per heavy atom. The van der Waals surface area contributed by atoms with Gasteiger partial charge in [-0.1, -0.05) is 0 Å². The molecule has 0 spiro atoms. The van der Waals surface area contributed by atoms with E-state index < -0.39 is 0 Å². The van der Waals surface area contributed by atoms with Crippen LogP contribution in [0.1, 0.15) is 6.42 Å². The minimum absolute atomic E-state index is 0.679. The molecule has 0 bridgehead atoms. The van der Waals surface area contributed by atoms with Crippen LogP contribution in [0.15, 0.2) is 36.9 Å². The van der Waals surface area contributed by atoms with Crippen LogP contribution in [0.5, 0.6) is 0 Å². The van der Waals surface area contributed by atoms with E-state index in [1.165, 1.54) is 0 Å². The van der Waals surface area contributed by atoms with Crippen molar-refractivity contribution >= 4 is 5.95 Å². The predicted octanol–water partition coefficient (Wildman–Crippen LogP) is 1.18. The Balaban J connectivity index is 1.68. The maximum Gasteiger partial charge on any atom is 0.222 e. The van der Waals surface area contributed by atoms with Gasteiger partial charge >= 0.3 is 0 Å². The average Bonchev–Trinajstić information content (AvgIpc) is 2.79. The molecule has 0 atom stereocenters. The summed E-state index contributed by atoms with van der Waals surface area (Å²) in [6.07, 6.45) is 8.19. The van der Waals surface area contributed by atoms with Gasteiger partial charge in [0.15, 0.2) is 0 Å². The fraction of sp³-hybridized carbons (Fsp3) is 0.300. The highest BCUT2D eigenvalue weighted by Gasteiger charge is 1.93. The van der Waals surface area contributed by atoms with Crippen molar-refractivity contribution in [3.63, 3.8) is 0 Å². The molecule has 0 amide bonds. The molecule has 5 nitrogen and oxygen atoms in total. The quantitative estimate of drug-likeness (QED) is 0.741. The molecule has 0 saturated heterocycles. The molecule has 2 heterocycles. The van der Waals surface area contributed by atoms with Gasteiger partial charge in [0.25, 0.3) is 0 Å². The molecule has 0 radical (unpaired) electrons. The number of hydrogen-bond donors (Lipinski definition) is 1. The van der Waals surface area contributed by atoms with Crippen molar-refractivity contribution in [2.45, 2.75) is 13.0 Å². The third-order valence-corrected chi connectivity index (χ3v) is 1.97. The molecule has 2 rings (SSSR count). The number of hydrogen-bond acceptors (Lipinski definition) is 4. The summed E-state index contributed by atoms with van der Waals surface area (Å²) in [5.41, 5.74) is 0. The Kier molecular flexibility index (Phi) is 3.27. The van der Waals surface area contributed by atoms with Gasteiger partial charge in [-0.3, -0.25) is 4.68 Å². The van der Waals surface area contributed by atoms with Crippen LogP contribution in [0.25, 0.3) is 0 Å². The fourth-order valence-electron chi connectivity index (χ4n) is 1.26. The molecule has 0 aliphatic carbocycles. The molecule has 0 aromatic carbocycles. The SMILES string of the molecule is c1cnc(NCCCn2cccn2)nc1. The van der Waals surface area contributed by atoms with Crippen molar-refractivity contribution in [3.05, 3.63) is 36.9 Å². The van der Waals surface area contributed by atoms with Crippen LogP contribution in [-0.4, -0.2) is 26.3 Å². The number of aryl methyl sites for hydroxylation is 1. The normalized spacial score (nSPS) is 10.1. The Morgan fingerprint density at radius 3 is 2.73 bits per heavy atom. The van der Waals surface area contributed by atoms with E-state index in [0.29, 0.717) is 5.95 Å². The molecule has 5 heteroatoms. The highest BCUT2D eigenvalue weighted by Crippen LogP contribution is 1.95. The van der Waals surface area contributed by atoms with Crippen LogP contribution in [0.4, 0.5) is 5.95 Å². The standard InChI is InChI=1S/C10H13N5/c1-4-11-10(12-5-1)13-6-2-8-15-9-3-7-14-15/h1,3-5,7,9H,2,6,8H2,(H,11,12,13). The minimum Gasteiger partial charge on any atom is -0.354 e. The summed E-state index contributed by atoms with van der Waals surface area (Å²) in [5.74, 6) is 0.679. The lowest BCUT2D eigenvalue weighted by molar-refractivity contribution is 0.591. The van der Waals surface area contributed by atoms with Crippen LogP contribution in [0.3, 0.4) is 0 Å². The van der Waals surface area contributed by atoms with Crippen molar-refractivity contribution < 1.29 is 0 Å². The molecule has 78 valence electrons. The highest BCUT2D eigenvalue weighted by atomic mass is 15.3. The van der Waals surface area contributed by atoms with Crippen molar-refractivity contribution in [2.75, 3.05) is 11.9 Å². The fourth-order valence-corrected chi connectivity index (χ4v) is 1.26. The smallest absolute Gasteiger partial charge is 0.222 e. The van der Waals surface area contributed by atoms with Gasteiger partial charge in [0.05, 0.1) is 0 Å². The summed E-state index contributed by atoms with van der Waals surface area (Å²) >= 11 is 0. The van der Waals surface area contributed by atoms with Crippen molar-refractivity contribution in [3.8, 4) is 0 Å². The zero-order valence-corrected chi connectivity index (χ0v) is 8.37. The first-order chi connectivity index (χ1) is 7.45. The van der Waals surface area contributed by atoms with E-state index in [0.717, 1.165) is 19.5 Å². The first-order valence-corrected chi connectivity index (χ1v) is 4.93. The monoisotopic (exact) mass is 203 g/mol. The van der Waals surface area contributed by atoms with Gasteiger partial charge < -0.3 is 5.32 Å². The molecular formula is C10H13N5. The molecule has 15 heavy (non-hydrogen) atoms. The third-order valence-electron chi connectivity index (χ3n) is 1.97. The molecule has 2 aromatic heterocycles. The van der Waals surface area contributed by atoms with Gasteiger partial charge in [0.1, 0.15) is 0 Å². The Hall–Kier alpha value is -1.91. The molecule has 0 saturated carbocycles. The van der Waals surface area contributed by atoms with Crippen LogP contribution in [0.2, 0.25) is 0 Å². The van der Waals surface area contributed by atoms with E-state index in [-0.39, 0.29) is 0 Å². The number of nitrogens with one attached hydrogen (secondary N) is 1. The molecule has 2 aromatic rings. The van der Waals surface area contributed by atoms with Gasteiger partial charge in [-0.05, 0) is 18.6 Å². The third kappa shape index (κ3) is 3.05. The lowest BCUT2D eigenvalue weighted by Gasteiger charge is -2.03. The van der Waals surface area contributed by atoms with Crippen molar-refractivity contribution in [2.24, 2.45) is 0 Å². The summed E-state index contributed by atoms with van der Waals surface area (Å²) in [5, 5.41) is 7.26. The number of anilines is 1. The Bertz CT molecular complexity index is 370.